The summed E-state index contributed by atoms with van der Waals surface area (Å²) in [4.78, 5) is 20.8. The number of pyridine rings is 2. The number of nitrogens with one attached hydrogen (secondary N) is 2. The molecule has 3 heterocycles. The van der Waals surface area contributed by atoms with Crippen LogP contribution in [0, 0.1) is 0 Å². The molecule has 2 N–H and O–H groups in total. The molecule has 0 radical (unpaired) electrons. The van der Waals surface area contributed by atoms with Gasteiger partial charge in [-0.1, -0.05) is 6.07 Å². The fourth-order valence-corrected chi connectivity index (χ4v) is 3.75. The van der Waals surface area contributed by atoms with E-state index in [2.05, 4.69) is 25.7 Å². The summed E-state index contributed by atoms with van der Waals surface area (Å²) in [6, 6.07) is 10.2. The van der Waals surface area contributed by atoms with Crippen molar-refractivity contribution in [2.24, 2.45) is 0 Å². The van der Waals surface area contributed by atoms with Crippen molar-refractivity contribution < 1.29 is 0 Å². The summed E-state index contributed by atoms with van der Waals surface area (Å²) in [7, 11) is 0. The summed E-state index contributed by atoms with van der Waals surface area (Å²) in [5, 5.41) is 11.5. The van der Waals surface area contributed by atoms with Gasteiger partial charge in [0.05, 0.1) is 17.9 Å². The van der Waals surface area contributed by atoms with Crippen molar-refractivity contribution in [3.63, 3.8) is 0 Å². The van der Waals surface area contributed by atoms with Crippen molar-refractivity contribution in [2.45, 2.75) is 50.2 Å². The maximum atomic E-state index is 11.9. The second-order valence-corrected chi connectivity index (χ2v) is 7.59. The largest absolute Gasteiger partial charge is 0.367 e. The van der Waals surface area contributed by atoms with Crippen molar-refractivity contribution >= 4 is 11.8 Å². The minimum absolute atomic E-state index is 0.0625. The third kappa shape index (κ3) is 3.62. The molecule has 2 atom stereocenters. The van der Waals surface area contributed by atoms with E-state index in [1.165, 1.54) is 12.8 Å². The summed E-state index contributed by atoms with van der Waals surface area (Å²) in [6.07, 6.45) is 10.9. The van der Waals surface area contributed by atoms with E-state index in [-0.39, 0.29) is 5.56 Å². The van der Waals surface area contributed by atoms with Crippen molar-refractivity contribution in [3.05, 3.63) is 59.4 Å². The Bertz CT molecular complexity index is 1010. The Balaban J connectivity index is 1.17. The molecule has 3 aromatic rings. The van der Waals surface area contributed by atoms with Gasteiger partial charge in [-0.25, -0.2) is 14.6 Å². The number of aromatic nitrogens is 5. The fourth-order valence-electron chi connectivity index (χ4n) is 3.75. The molecule has 2 fully saturated rings. The van der Waals surface area contributed by atoms with Gasteiger partial charge >= 0.3 is 0 Å². The molecule has 0 saturated heterocycles. The molecule has 0 aliphatic heterocycles. The first-order valence-electron chi connectivity index (χ1n) is 9.83. The van der Waals surface area contributed by atoms with Gasteiger partial charge in [-0.15, -0.1) is 5.10 Å². The highest BCUT2D eigenvalue weighted by atomic mass is 16.1. The first-order chi connectivity index (χ1) is 13.7. The highest BCUT2D eigenvalue weighted by Crippen LogP contribution is 2.34. The van der Waals surface area contributed by atoms with Gasteiger partial charge in [0, 0.05) is 24.3 Å². The second kappa shape index (κ2) is 7.10. The van der Waals surface area contributed by atoms with Gasteiger partial charge in [0.1, 0.15) is 12.1 Å². The van der Waals surface area contributed by atoms with Crippen LogP contribution in [-0.2, 0) is 0 Å². The highest BCUT2D eigenvalue weighted by molar-refractivity contribution is 5.42. The Hall–Kier alpha value is -3.16. The molecule has 28 heavy (non-hydrogen) atoms. The molecule has 2 saturated carbocycles. The van der Waals surface area contributed by atoms with Gasteiger partial charge < -0.3 is 10.6 Å². The zero-order chi connectivity index (χ0) is 18.9. The van der Waals surface area contributed by atoms with E-state index < -0.39 is 0 Å². The van der Waals surface area contributed by atoms with Gasteiger partial charge in [0.25, 0.3) is 5.56 Å². The van der Waals surface area contributed by atoms with E-state index >= 15 is 0 Å². The zero-order valence-electron chi connectivity index (χ0n) is 15.5. The molecule has 0 aromatic carbocycles. The summed E-state index contributed by atoms with van der Waals surface area (Å²) in [6.45, 7) is 0. The lowest BCUT2D eigenvalue weighted by Gasteiger charge is -2.15. The lowest BCUT2D eigenvalue weighted by molar-refractivity contribution is 0.637. The average Bonchev–Trinajstić information content (AvgIpc) is 3.31. The third-order valence-corrected chi connectivity index (χ3v) is 5.40. The number of hydrogen-bond acceptors (Lipinski definition) is 6. The van der Waals surface area contributed by atoms with E-state index in [1.54, 1.807) is 29.1 Å². The molecule has 8 nitrogen and oxygen atoms in total. The van der Waals surface area contributed by atoms with Crippen molar-refractivity contribution in [2.75, 3.05) is 10.6 Å². The van der Waals surface area contributed by atoms with Crippen LogP contribution in [0.5, 0.6) is 0 Å². The van der Waals surface area contributed by atoms with E-state index in [1.807, 2.05) is 29.2 Å². The smallest absolute Gasteiger partial charge is 0.255 e. The lowest BCUT2D eigenvalue weighted by atomic mass is 10.2. The number of hydrogen-bond donors (Lipinski definition) is 2. The van der Waals surface area contributed by atoms with Crippen LogP contribution in [0.15, 0.2) is 53.8 Å². The Labute approximate surface area is 162 Å². The first-order valence-corrected chi connectivity index (χ1v) is 9.83. The Morgan fingerprint density at radius 3 is 2.57 bits per heavy atom. The van der Waals surface area contributed by atoms with Crippen LogP contribution in [0.2, 0.25) is 0 Å². The van der Waals surface area contributed by atoms with Crippen molar-refractivity contribution in [3.8, 4) is 5.69 Å². The number of rotatable bonds is 6. The monoisotopic (exact) mass is 377 g/mol. The second-order valence-electron chi connectivity index (χ2n) is 7.59. The van der Waals surface area contributed by atoms with Crippen LogP contribution in [0.4, 0.5) is 11.8 Å². The Morgan fingerprint density at radius 1 is 0.964 bits per heavy atom. The van der Waals surface area contributed by atoms with Crippen molar-refractivity contribution in [1.29, 1.82) is 0 Å². The SMILES string of the molecule is O=c1ccccn1-c1ccc(N[C@H]2CC[C@H](Nc3ncn(C4CC4)n3)C2)nc1. The predicted molar refractivity (Wildman–Crippen MR) is 107 cm³/mol. The predicted octanol–water partition coefficient (Wildman–Crippen LogP) is 2.60. The van der Waals surface area contributed by atoms with E-state index in [4.69, 9.17) is 0 Å². The van der Waals surface area contributed by atoms with Crippen LogP contribution in [0.25, 0.3) is 5.69 Å². The van der Waals surface area contributed by atoms with E-state index in [9.17, 15) is 4.79 Å². The van der Waals surface area contributed by atoms with Crippen LogP contribution in [0.3, 0.4) is 0 Å². The van der Waals surface area contributed by atoms with E-state index in [0.29, 0.717) is 18.1 Å². The highest BCUT2D eigenvalue weighted by Gasteiger charge is 2.27. The van der Waals surface area contributed by atoms with Crippen LogP contribution < -0.4 is 16.2 Å². The normalized spacial score (nSPS) is 21.6. The van der Waals surface area contributed by atoms with Gasteiger partial charge in [-0.3, -0.25) is 9.36 Å². The Kier molecular flexibility index (Phi) is 4.31. The molecule has 3 aromatic heterocycles. The molecule has 5 rings (SSSR count). The molecule has 144 valence electrons. The Morgan fingerprint density at radius 2 is 1.82 bits per heavy atom. The van der Waals surface area contributed by atoms with Crippen LogP contribution in [-0.4, -0.2) is 36.4 Å². The van der Waals surface area contributed by atoms with Crippen molar-refractivity contribution in [1.82, 2.24) is 24.3 Å². The average molecular weight is 377 g/mol. The maximum Gasteiger partial charge on any atom is 0.255 e. The number of anilines is 2. The molecular weight excluding hydrogens is 354 g/mol. The first kappa shape index (κ1) is 17.0. The molecule has 0 bridgehead atoms. The van der Waals surface area contributed by atoms with Gasteiger partial charge in [0.2, 0.25) is 5.95 Å². The van der Waals surface area contributed by atoms with Crippen LogP contribution in [0.1, 0.15) is 38.1 Å². The minimum Gasteiger partial charge on any atom is -0.367 e. The summed E-state index contributed by atoms with van der Waals surface area (Å²) in [5.41, 5.74) is 0.701. The van der Waals surface area contributed by atoms with Gasteiger partial charge in [-0.05, 0) is 50.3 Å². The van der Waals surface area contributed by atoms with Gasteiger partial charge in [-0.2, -0.15) is 0 Å². The number of nitrogens with zero attached hydrogens (tertiary/aromatic N) is 5. The summed E-state index contributed by atoms with van der Waals surface area (Å²) < 4.78 is 3.55. The van der Waals surface area contributed by atoms with Gasteiger partial charge in [0.15, 0.2) is 0 Å². The molecular formula is C20H23N7O. The topological polar surface area (TPSA) is 89.7 Å². The molecule has 0 spiro atoms. The minimum atomic E-state index is -0.0625. The quantitative estimate of drug-likeness (QED) is 0.686. The lowest BCUT2D eigenvalue weighted by Crippen LogP contribution is -2.22. The van der Waals surface area contributed by atoms with E-state index in [0.717, 1.165) is 36.7 Å². The zero-order valence-corrected chi connectivity index (χ0v) is 15.5. The molecule has 2 aliphatic carbocycles. The molecule has 0 amide bonds. The molecule has 2 aliphatic rings. The third-order valence-electron chi connectivity index (χ3n) is 5.40. The molecule has 8 heteroatoms. The van der Waals surface area contributed by atoms with Crippen LogP contribution >= 0.6 is 0 Å². The summed E-state index contributed by atoms with van der Waals surface area (Å²) in [5.74, 6) is 1.56. The standard InChI is InChI=1S/C20H23N7O/c28-19-3-1-2-10-26(19)17-8-9-18(21-12-17)23-14-4-5-15(11-14)24-20-22-13-27(25-20)16-6-7-16/h1-3,8-10,12-16H,4-7,11H2,(H,21,23)(H,24,25)/t14-,15-/m0/s1. The fraction of sp³-hybridized carbons (Fsp3) is 0.400. The maximum absolute atomic E-state index is 11.9. The summed E-state index contributed by atoms with van der Waals surface area (Å²) >= 11 is 0. The molecule has 0 unspecified atom stereocenters.